The van der Waals surface area contributed by atoms with Crippen molar-refractivity contribution in [2.75, 3.05) is 0 Å². The van der Waals surface area contributed by atoms with Crippen molar-refractivity contribution in [1.29, 1.82) is 0 Å². The molecule has 0 saturated carbocycles. The van der Waals surface area contributed by atoms with Crippen molar-refractivity contribution in [1.82, 2.24) is 24.8 Å². The number of tetrazole rings is 1. The Kier molecular flexibility index (Phi) is 7.02. The Morgan fingerprint density at radius 1 is 1.37 bits per heavy atom. The molecule has 106 valence electrons. The molecule has 0 unspecified atom stereocenters. The van der Waals surface area contributed by atoms with E-state index in [9.17, 15) is 0 Å². The smallest absolute Gasteiger partial charge is 0.243 e. The molecule has 0 aliphatic carbocycles. The second-order valence-corrected chi connectivity index (χ2v) is 4.88. The maximum atomic E-state index is 4.64. The standard InChI is InChI=1S/C10H19N2.C2H4N4S/c1-3-4-5-6-7-12-9-8-11(2)10-12;1-6-2(7)3-4-5-6/h8-10H,3-7H2,1-2H3;1H3,(H,3,5,7)/q+1;. The Bertz CT molecular complexity index is 512. The molecule has 0 atom stereocenters. The predicted octanol–water partition coefficient (Wildman–Crippen LogP) is 1.77. The number of unbranched alkanes of at least 4 members (excludes halogenated alkanes) is 3. The van der Waals surface area contributed by atoms with E-state index in [0.29, 0.717) is 4.77 Å². The first-order valence-electron chi connectivity index (χ1n) is 6.58. The van der Waals surface area contributed by atoms with Gasteiger partial charge >= 0.3 is 0 Å². The fourth-order valence-electron chi connectivity index (χ4n) is 1.60. The van der Waals surface area contributed by atoms with Gasteiger partial charge in [0.2, 0.25) is 11.1 Å². The second-order valence-electron chi connectivity index (χ2n) is 4.52. The number of nitrogens with zero attached hydrogens (tertiary/aromatic N) is 5. The van der Waals surface area contributed by atoms with Gasteiger partial charge in [0.05, 0.1) is 13.6 Å². The van der Waals surface area contributed by atoms with Crippen LogP contribution in [-0.2, 0) is 20.6 Å². The van der Waals surface area contributed by atoms with Gasteiger partial charge in [0.25, 0.3) is 0 Å². The fraction of sp³-hybridized carbons (Fsp3) is 0.667. The molecular formula is C12H23N6S+. The van der Waals surface area contributed by atoms with E-state index in [0.717, 1.165) is 0 Å². The number of aromatic amines is 1. The third-order valence-corrected chi connectivity index (χ3v) is 3.07. The molecule has 19 heavy (non-hydrogen) atoms. The summed E-state index contributed by atoms with van der Waals surface area (Å²) in [4.78, 5) is 0. The van der Waals surface area contributed by atoms with Gasteiger partial charge in [-0.1, -0.05) is 30.1 Å². The lowest BCUT2D eigenvalue weighted by Gasteiger charge is -1.95. The third-order valence-electron chi connectivity index (χ3n) is 2.71. The normalized spacial score (nSPS) is 10.1. The minimum atomic E-state index is 0.472. The highest BCUT2D eigenvalue weighted by Crippen LogP contribution is 2.00. The van der Waals surface area contributed by atoms with E-state index in [1.54, 1.807) is 11.7 Å². The number of H-pyrrole nitrogens is 1. The maximum Gasteiger partial charge on any atom is 0.243 e. The van der Waals surface area contributed by atoms with E-state index in [1.807, 2.05) is 0 Å². The van der Waals surface area contributed by atoms with Gasteiger partial charge < -0.3 is 0 Å². The molecule has 2 rings (SSSR count). The minimum absolute atomic E-state index is 0.472. The van der Waals surface area contributed by atoms with Crippen molar-refractivity contribution in [2.24, 2.45) is 14.1 Å². The van der Waals surface area contributed by atoms with Gasteiger partial charge in [-0.25, -0.2) is 13.8 Å². The van der Waals surface area contributed by atoms with Gasteiger partial charge in [0.15, 0.2) is 0 Å². The average molecular weight is 283 g/mol. The van der Waals surface area contributed by atoms with E-state index in [2.05, 4.69) is 69.6 Å². The van der Waals surface area contributed by atoms with E-state index >= 15 is 0 Å². The zero-order valence-electron chi connectivity index (χ0n) is 11.9. The molecule has 7 heteroatoms. The number of aryl methyl sites for hydroxylation is 3. The van der Waals surface area contributed by atoms with Crippen molar-refractivity contribution in [3.8, 4) is 0 Å². The quantitative estimate of drug-likeness (QED) is 0.517. The highest BCUT2D eigenvalue weighted by atomic mass is 32.1. The molecule has 0 radical (unpaired) electrons. The zero-order chi connectivity index (χ0) is 14.1. The fourth-order valence-corrected chi connectivity index (χ4v) is 1.68. The van der Waals surface area contributed by atoms with E-state index in [1.165, 1.54) is 32.2 Å². The lowest BCUT2D eigenvalue weighted by atomic mass is 10.2. The number of nitrogens with one attached hydrogen (secondary N) is 1. The molecule has 0 saturated heterocycles. The largest absolute Gasteiger partial charge is 0.246 e. The van der Waals surface area contributed by atoms with Crippen LogP contribution in [0.4, 0.5) is 0 Å². The maximum absolute atomic E-state index is 4.64. The summed E-state index contributed by atoms with van der Waals surface area (Å²) in [6.45, 7) is 3.41. The molecular weight excluding hydrogens is 260 g/mol. The van der Waals surface area contributed by atoms with Gasteiger partial charge in [0, 0.05) is 7.05 Å². The molecule has 2 aromatic heterocycles. The molecule has 2 heterocycles. The number of imidazole rings is 1. The number of rotatable bonds is 5. The Morgan fingerprint density at radius 3 is 2.58 bits per heavy atom. The van der Waals surface area contributed by atoms with Crippen LogP contribution in [0.3, 0.4) is 0 Å². The highest BCUT2D eigenvalue weighted by molar-refractivity contribution is 7.71. The van der Waals surface area contributed by atoms with Crippen molar-refractivity contribution < 1.29 is 4.57 Å². The summed E-state index contributed by atoms with van der Waals surface area (Å²) in [5, 5.41) is 9.41. The topological polar surface area (TPSA) is 55.3 Å². The van der Waals surface area contributed by atoms with E-state index < -0.39 is 0 Å². The number of aromatic nitrogens is 6. The molecule has 6 nitrogen and oxygen atoms in total. The van der Waals surface area contributed by atoms with Crippen molar-refractivity contribution in [3.63, 3.8) is 0 Å². The minimum Gasteiger partial charge on any atom is -0.246 e. The van der Waals surface area contributed by atoms with E-state index in [-0.39, 0.29) is 0 Å². The molecule has 1 N–H and O–H groups in total. The molecule has 0 aromatic carbocycles. The van der Waals surface area contributed by atoms with Crippen LogP contribution >= 0.6 is 12.2 Å². The average Bonchev–Trinajstić information content (AvgIpc) is 2.96. The van der Waals surface area contributed by atoms with Crippen LogP contribution in [0.15, 0.2) is 18.7 Å². The van der Waals surface area contributed by atoms with Crippen molar-refractivity contribution in [2.45, 2.75) is 39.2 Å². The first-order chi connectivity index (χ1) is 9.13. The van der Waals surface area contributed by atoms with Gasteiger partial charge in [-0.05, 0) is 25.1 Å². The summed E-state index contributed by atoms with van der Waals surface area (Å²) in [6, 6.07) is 0. The van der Waals surface area contributed by atoms with Gasteiger partial charge in [-0.2, -0.15) is 5.21 Å². The van der Waals surface area contributed by atoms with Crippen molar-refractivity contribution in [3.05, 3.63) is 23.5 Å². The monoisotopic (exact) mass is 283 g/mol. The Hall–Kier alpha value is -1.50. The highest BCUT2D eigenvalue weighted by Gasteiger charge is 1.97. The Labute approximate surface area is 119 Å². The van der Waals surface area contributed by atoms with Gasteiger partial charge in [-0.3, -0.25) is 0 Å². The molecule has 2 aromatic rings. The molecule has 0 spiro atoms. The predicted molar refractivity (Wildman–Crippen MR) is 75.9 cm³/mol. The van der Waals surface area contributed by atoms with Crippen LogP contribution in [0, 0.1) is 4.77 Å². The zero-order valence-corrected chi connectivity index (χ0v) is 12.7. The van der Waals surface area contributed by atoms with Crippen LogP contribution < -0.4 is 4.57 Å². The summed E-state index contributed by atoms with van der Waals surface area (Å²) < 4.78 is 6.35. The van der Waals surface area contributed by atoms with Gasteiger partial charge in [0.1, 0.15) is 12.4 Å². The third kappa shape index (κ3) is 6.28. The van der Waals surface area contributed by atoms with E-state index in [4.69, 9.17) is 0 Å². The molecule has 0 bridgehead atoms. The van der Waals surface area contributed by atoms with Crippen LogP contribution in [0.1, 0.15) is 32.6 Å². The lowest BCUT2D eigenvalue weighted by Crippen LogP contribution is -2.23. The summed E-state index contributed by atoms with van der Waals surface area (Å²) in [5.41, 5.74) is 0. The Balaban J connectivity index is 0.000000218. The summed E-state index contributed by atoms with van der Waals surface area (Å²) in [7, 11) is 3.81. The number of hydrogen-bond acceptors (Lipinski definition) is 3. The summed E-state index contributed by atoms with van der Waals surface area (Å²) >= 11 is 4.64. The molecule has 0 fully saturated rings. The van der Waals surface area contributed by atoms with Crippen molar-refractivity contribution >= 4 is 12.2 Å². The first kappa shape index (κ1) is 15.6. The lowest BCUT2D eigenvalue weighted by molar-refractivity contribution is -0.671. The summed E-state index contributed by atoms with van der Waals surface area (Å²) in [6.07, 6.45) is 11.7. The molecule has 0 amide bonds. The first-order valence-corrected chi connectivity index (χ1v) is 6.99. The second kappa shape index (κ2) is 8.58. The van der Waals surface area contributed by atoms with Crippen LogP contribution in [0.25, 0.3) is 0 Å². The van der Waals surface area contributed by atoms with Gasteiger partial charge in [-0.15, -0.1) is 0 Å². The molecule has 0 aliphatic heterocycles. The summed E-state index contributed by atoms with van der Waals surface area (Å²) in [5.74, 6) is 0. The van der Waals surface area contributed by atoms with Crippen LogP contribution in [0.5, 0.6) is 0 Å². The van der Waals surface area contributed by atoms with Crippen LogP contribution in [0.2, 0.25) is 0 Å². The van der Waals surface area contributed by atoms with Crippen LogP contribution in [-0.4, -0.2) is 24.8 Å². The SMILES string of the molecule is CCCCCCn1cc[n+](C)c1.Cn1[nH]nnc1=S. The Morgan fingerprint density at radius 2 is 2.16 bits per heavy atom. The number of hydrogen-bond donors (Lipinski definition) is 1. The molecule has 0 aliphatic rings.